The number of rotatable bonds is 5. The number of allylic oxidation sites excluding steroid dienone is 1. The van der Waals surface area contributed by atoms with E-state index in [2.05, 4.69) is 35.2 Å². The molecular weight excluding hydrogens is 530 g/mol. The van der Waals surface area contributed by atoms with Crippen molar-refractivity contribution in [2.75, 3.05) is 27.2 Å². The van der Waals surface area contributed by atoms with Gasteiger partial charge in [0.15, 0.2) is 11.4 Å². The van der Waals surface area contributed by atoms with Crippen LogP contribution in [0.1, 0.15) is 53.2 Å². The highest BCUT2D eigenvalue weighted by Gasteiger charge is 2.61. The van der Waals surface area contributed by atoms with Crippen molar-refractivity contribution in [3.63, 3.8) is 0 Å². The number of nitrogens with zero attached hydrogens (tertiary/aromatic N) is 2. The monoisotopic (exact) mass is 569 g/mol. The highest BCUT2D eigenvalue weighted by Crippen LogP contribution is 2.53. The number of aliphatic hydroxyl groups excluding tert-OH is 1. The van der Waals surface area contributed by atoms with E-state index in [9.17, 15) is 24.6 Å². The maximum absolute atomic E-state index is 14.3. The number of likely N-dealkylation sites (tertiary alicyclic amines) is 1. The third-order valence-corrected chi connectivity index (χ3v) is 10.1. The highest BCUT2D eigenvalue weighted by molar-refractivity contribution is 6.25. The molecule has 0 saturated carbocycles. The second-order valence-corrected chi connectivity index (χ2v) is 12.7. The van der Waals surface area contributed by atoms with Gasteiger partial charge in [0, 0.05) is 23.6 Å². The number of nitrogens with two attached hydrogens (primary N) is 1. The molecule has 0 bridgehead atoms. The number of aryl methyl sites for hydroxylation is 1. The van der Waals surface area contributed by atoms with Crippen molar-refractivity contribution in [2.45, 2.75) is 57.7 Å². The summed E-state index contributed by atoms with van der Waals surface area (Å²) in [5.74, 6) is -3.66. The van der Waals surface area contributed by atoms with Gasteiger partial charge in [0.25, 0.3) is 5.91 Å². The zero-order valence-electron chi connectivity index (χ0n) is 24.7. The van der Waals surface area contributed by atoms with Crippen LogP contribution in [0.15, 0.2) is 58.9 Å². The summed E-state index contributed by atoms with van der Waals surface area (Å²) in [5.41, 5.74) is 9.22. The van der Waals surface area contributed by atoms with Gasteiger partial charge in [0.1, 0.15) is 11.3 Å². The van der Waals surface area contributed by atoms with Gasteiger partial charge < -0.3 is 15.9 Å². The summed E-state index contributed by atoms with van der Waals surface area (Å²) in [4.78, 5) is 44.4. The number of benzene rings is 2. The van der Waals surface area contributed by atoms with Gasteiger partial charge in [0.2, 0.25) is 5.78 Å². The van der Waals surface area contributed by atoms with E-state index in [1.54, 1.807) is 25.9 Å². The number of hydrogen-bond acceptors (Lipinski definition) is 7. The Morgan fingerprint density at radius 1 is 1.07 bits per heavy atom. The van der Waals surface area contributed by atoms with Gasteiger partial charge in [-0.15, -0.1) is 0 Å². The van der Waals surface area contributed by atoms with Crippen LogP contribution in [0.2, 0.25) is 0 Å². The fourth-order valence-corrected chi connectivity index (χ4v) is 8.04. The number of likely N-dealkylation sites (N-methyl/N-ethyl adjacent to an activating group) is 1. The molecule has 220 valence electrons. The minimum atomic E-state index is -2.12. The number of ketones is 2. The molecule has 2 aromatic carbocycles. The maximum atomic E-state index is 14.3. The number of Topliss-reactive ketones (excluding diaryl/α,β-unsaturated/α-hetero) is 2. The average molecular weight is 570 g/mol. The zero-order chi connectivity index (χ0) is 30.1. The lowest BCUT2D eigenvalue weighted by Crippen LogP contribution is -2.63. The van der Waals surface area contributed by atoms with Gasteiger partial charge in [-0.25, -0.2) is 0 Å². The summed E-state index contributed by atoms with van der Waals surface area (Å²) in [6.07, 6.45) is 3.36. The second kappa shape index (κ2) is 10.3. The quantitative estimate of drug-likeness (QED) is 0.471. The summed E-state index contributed by atoms with van der Waals surface area (Å²) in [6.45, 7) is 6.74. The largest absolute Gasteiger partial charge is 0.510 e. The highest BCUT2D eigenvalue weighted by atomic mass is 16.3. The predicted molar refractivity (Wildman–Crippen MR) is 160 cm³/mol. The van der Waals surface area contributed by atoms with Crippen molar-refractivity contribution in [1.82, 2.24) is 9.80 Å². The summed E-state index contributed by atoms with van der Waals surface area (Å²) < 4.78 is 0. The van der Waals surface area contributed by atoms with E-state index in [1.165, 1.54) is 18.4 Å². The first-order valence-electron chi connectivity index (χ1n) is 14.8. The Balaban J connectivity index is 1.43. The molecule has 0 radical (unpaired) electrons. The van der Waals surface area contributed by atoms with Crippen LogP contribution in [0.4, 0.5) is 0 Å². The second-order valence-electron chi connectivity index (χ2n) is 12.7. The van der Waals surface area contributed by atoms with Crippen LogP contribution in [-0.4, -0.2) is 76.3 Å². The van der Waals surface area contributed by atoms with E-state index in [4.69, 9.17) is 5.73 Å². The normalized spacial score (nSPS) is 27.8. The van der Waals surface area contributed by atoms with E-state index < -0.39 is 40.6 Å². The standard InChI is InChI=1S/C34H39N3O5/c1-18-7-12-23(21-10-8-20(9-11-21)17-37-13-5-6-14-37)24-15-22-16-25-29(36(3)4)31(39)28(33(35)41)32(40)34(25,42)19(2)27(22)30(38)26(18)24/h7-12,22,25,29,39,42H,5-6,13-17H2,1-4H3,(H2,35,41)/t22-,25-,29?,34+/m0/s1. The van der Waals surface area contributed by atoms with Crippen molar-refractivity contribution in [2.24, 2.45) is 17.6 Å². The molecular formula is C34H39N3O5. The first-order chi connectivity index (χ1) is 19.9. The SMILES string of the molecule is CC1=C2C(=O)c3c(C)ccc(-c4ccc(CN5CCCC5)cc4)c3C[C@H]2C[C@H]2C(N(C)C)C(O)=C(C(N)=O)C(=O)[C@@]12O. The number of hydrogen-bond donors (Lipinski definition) is 3. The summed E-state index contributed by atoms with van der Waals surface area (Å²) in [6, 6.07) is 11.8. The molecule has 4 aliphatic rings. The fraction of sp³-hybridized carbons (Fsp3) is 0.441. The fourth-order valence-electron chi connectivity index (χ4n) is 8.04. The van der Waals surface area contributed by atoms with E-state index in [1.807, 2.05) is 13.0 Å². The van der Waals surface area contributed by atoms with Gasteiger partial charge in [0.05, 0.1) is 6.04 Å². The topological polar surface area (TPSA) is 124 Å². The number of carbonyl (C=O) groups excluding carboxylic acids is 3. The van der Waals surface area contributed by atoms with Crippen molar-refractivity contribution in [1.29, 1.82) is 0 Å². The van der Waals surface area contributed by atoms with E-state index in [-0.39, 0.29) is 17.3 Å². The van der Waals surface area contributed by atoms with Crippen molar-refractivity contribution < 1.29 is 24.6 Å². The molecule has 0 spiro atoms. The van der Waals surface area contributed by atoms with Crippen molar-refractivity contribution in [3.05, 3.63) is 81.1 Å². The molecule has 1 amide bonds. The van der Waals surface area contributed by atoms with Crippen LogP contribution in [-0.2, 0) is 22.6 Å². The molecule has 0 aromatic heterocycles. The molecule has 8 heteroatoms. The molecule has 4 N–H and O–H groups in total. The Morgan fingerprint density at radius 2 is 1.74 bits per heavy atom. The lowest BCUT2D eigenvalue weighted by atomic mass is 9.56. The van der Waals surface area contributed by atoms with Gasteiger partial charge in [-0.1, -0.05) is 36.4 Å². The minimum Gasteiger partial charge on any atom is -0.510 e. The summed E-state index contributed by atoms with van der Waals surface area (Å²) >= 11 is 0. The third-order valence-electron chi connectivity index (χ3n) is 10.1. The van der Waals surface area contributed by atoms with E-state index in [0.29, 0.717) is 24.0 Å². The number of aliphatic hydroxyl groups is 2. The molecule has 6 rings (SSSR count). The molecule has 1 heterocycles. The molecule has 2 aromatic rings. The summed E-state index contributed by atoms with van der Waals surface area (Å²) in [5, 5.41) is 23.1. The molecule has 4 atom stereocenters. The summed E-state index contributed by atoms with van der Waals surface area (Å²) in [7, 11) is 3.45. The molecule has 3 aliphatic carbocycles. The number of fused-ring (bicyclic) bond motifs is 3. The third kappa shape index (κ3) is 4.19. The Kier molecular flexibility index (Phi) is 6.99. The Hall–Kier alpha value is -3.59. The van der Waals surface area contributed by atoms with E-state index in [0.717, 1.165) is 41.9 Å². The van der Waals surface area contributed by atoms with Crippen LogP contribution in [0.25, 0.3) is 11.1 Å². The van der Waals surface area contributed by atoms with Crippen LogP contribution >= 0.6 is 0 Å². The van der Waals surface area contributed by atoms with Crippen LogP contribution in [0, 0.1) is 18.8 Å². The van der Waals surface area contributed by atoms with Crippen molar-refractivity contribution >= 4 is 17.5 Å². The smallest absolute Gasteiger partial charge is 0.255 e. The number of amides is 1. The van der Waals surface area contributed by atoms with Crippen LogP contribution in [0.3, 0.4) is 0 Å². The molecule has 8 nitrogen and oxygen atoms in total. The lowest BCUT2D eigenvalue weighted by Gasteiger charge is -2.51. The van der Waals surface area contributed by atoms with Crippen LogP contribution < -0.4 is 5.73 Å². The zero-order valence-corrected chi connectivity index (χ0v) is 24.7. The minimum absolute atomic E-state index is 0.191. The molecule has 42 heavy (non-hydrogen) atoms. The number of primary amides is 1. The Labute approximate surface area is 246 Å². The molecule has 1 saturated heterocycles. The number of carbonyl (C=O) groups is 3. The lowest BCUT2D eigenvalue weighted by molar-refractivity contribution is -0.143. The predicted octanol–water partition coefficient (Wildman–Crippen LogP) is 3.49. The van der Waals surface area contributed by atoms with Gasteiger partial charge in [-0.05, 0) is 106 Å². The Bertz CT molecular complexity index is 1560. The van der Waals surface area contributed by atoms with E-state index >= 15 is 0 Å². The molecule has 1 unspecified atom stereocenters. The Morgan fingerprint density at radius 3 is 2.36 bits per heavy atom. The van der Waals surface area contributed by atoms with Gasteiger partial charge in [-0.3, -0.25) is 24.2 Å². The average Bonchev–Trinajstić information content (AvgIpc) is 3.44. The first kappa shape index (κ1) is 28.5. The van der Waals surface area contributed by atoms with Crippen LogP contribution in [0.5, 0.6) is 0 Å². The first-order valence-corrected chi connectivity index (χ1v) is 14.8. The van der Waals surface area contributed by atoms with Gasteiger partial charge >= 0.3 is 0 Å². The van der Waals surface area contributed by atoms with Crippen molar-refractivity contribution in [3.8, 4) is 11.1 Å². The molecule has 1 aliphatic heterocycles. The van der Waals surface area contributed by atoms with Gasteiger partial charge in [-0.2, -0.15) is 0 Å². The maximum Gasteiger partial charge on any atom is 0.255 e. The molecule has 1 fully saturated rings.